The second-order valence-electron chi connectivity index (χ2n) is 3.29. The Morgan fingerprint density at radius 1 is 1.33 bits per heavy atom. The minimum atomic E-state index is 0.282. The van der Waals surface area contributed by atoms with Gasteiger partial charge in [0.2, 0.25) is 0 Å². The molecule has 0 radical (unpaired) electrons. The van der Waals surface area contributed by atoms with Gasteiger partial charge in [0.1, 0.15) is 0 Å². The largest absolute Gasteiger partial charge is 0.396 e. The van der Waals surface area contributed by atoms with Crippen molar-refractivity contribution >= 4 is 0 Å². The lowest BCUT2D eigenvalue weighted by Gasteiger charge is -2.18. The second kappa shape index (κ2) is 7.53. The third kappa shape index (κ3) is 6.58. The van der Waals surface area contributed by atoms with Gasteiger partial charge in [-0.2, -0.15) is 0 Å². The summed E-state index contributed by atoms with van der Waals surface area (Å²) in [5, 5.41) is 12.0. The first-order valence-corrected chi connectivity index (χ1v) is 4.56. The molecule has 0 aromatic heterocycles. The number of aliphatic hydroxyl groups excluding tert-OH is 1. The number of nitrogens with one attached hydrogen (secondary N) is 1. The predicted octanol–water partition coefficient (Wildman–Crippen LogP) is 0.772. The highest BCUT2D eigenvalue weighted by Crippen LogP contribution is 1.97. The molecule has 0 aromatic rings. The second-order valence-corrected chi connectivity index (χ2v) is 3.29. The lowest BCUT2D eigenvalue weighted by Crippen LogP contribution is -2.37. The SMILES string of the molecule is COC[C@@H](C)N[C@H](C)CCCO. The van der Waals surface area contributed by atoms with Crippen LogP contribution in [0.1, 0.15) is 26.7 Å². The van der Waals surface area contributed by atoms with E-state index in [1.54, 1.807) is 7.11 Å². The van der Waals surface area contributed by atoms with Gasteiger partial charge in [-0.1, -0.05) is 0 Å². The van der Waals surface area contributed by atoms with Gasteiger partial charge >= 0.3 is 0 Å². The predicted molar refractivity (Wildman–Crippen MR) is 50.3 cm³/mol. The summed E-state index contributed by atoms with van der Waals surface area (Å²) in [5.41, 5.74) is 0. The van der Waals surface area contributed by atoms with Crippen LogP contribution in [0, 0.1) is 0 Å². The molecule has 0 amide bonds. The Bertz CT molecular complexity index is 98.5. The first-order valence-electron chi connectivity index (χ1n) is 4.56. The molecule has 0 aliphatic heterocycles. The van der Waals surface area contributed by atoms with E-state index in [0.29, 0.717) is 12.1 Å². The molecule has 0 unspecified atom stereocenters. The fourth-order valence-electron chi connectivity index (χ4n) is 1.26. The molecule has 0 saturated carbocycles. The summed E-state index contributed by atoms with van der Waals surface area (Å²) in [6, 6.07) is 0.853. The molecule has 3 heteroatoms. The average molecular weight is 175 g/mol. The van der Waals surface area contributed by atoms with E-state index in [9.17, 15) is 0 Å². The van der Waals surface area contributed by atoms with Crippen molar-refractivity contribution in [2.24, 2.45) is 0 Å². The molecule has 2 N–H and O–H groups in total. The monoisotopic (exact) mass is 175 g/mol. The lowest BCUT2D eigenvalue weighted by atomic mass is 10.1. The molecular weight excluding hydrogens is 154 g/mol. The minimum Gasteiger partial charge on any atom is -0.396 e. The Balaban J connectivity index is 3.33. The fourth-order valence-corrected chi connectivity index (χ4v) is 1.26. The van der Waals surface area contributed by atoms with Crippen LogP contribution in [0.25, 0.3) is 0 Å². The summed E-state index contributed by atoms with van der Waals surface area (Å²) < 4.78 is 5.00. The average Bonchev–Trinajstić information content (AvgIpc) is 2.01. The van der Waals surface area contributed by atoms with E-state index in [0.717, 1.165) is 19.4 Å². The van der Waals surface area contributed by atoms with Gasteiger partial charge in [-0.05, 0) is 26.7 Å². The van der Waals surface area contributed by atoms with E-state index in [2.05, 4.69) is 19.2 Å². The molecule has 0 rings (SSSR count). The number of hydrogen-bond acceptors (Lipinski definition) is 3. The smallest absolute Gasteiger partial charge is 0.0613 e. The van der Waals surface area contributed by atoms with E-state index >= 15 is 0 Å². The summed E-state index contributed by atoms with van der Waals surface area (Å²) in [6.07, 6.45) is 1.89. The van der Waals surface area contributed by atoms with Gasteiger partial charge in [0, 0.05) is 25.8 Å². The number of methoxy groups -OCH3 is 1. The van der Waals surface area contributed by atoms with E-state index in [1.165, 1.54) is 0 Å². The Hall–Kier alpha value is -0.120. The van der Waals surface area contributed by atoms with Crippen LogP contribution in [0.15, 0.2) is 0 Å². The molecule has 0 aliphatic rings. The van der Waals surface area contributed by atoms with Gasteiger partial charge in [0.25, 0.3) is 0 Å². The van der Waals surface area contributed by atoms with Crippen LogP contribution in [-0.2, 0) is 4.74 Å². The van der Waals surface area contributed by atoms with E-state index in [-0.39, 0.29) is 6.61 Å². The molecule has 74 valence electrons. The van der Waals surface area contributed by atoms with Crippen LogP contribution in [0.4, 0.5) is 0 Å². The van der Waals surface area contributed by atoms with Crippen molar-refractivity contribution in [3.63, 3.8) is 0 Å². The Labute approximate surface area is 75.1 Å². The number of ether oxygens (including phenoxy) is 1. The Kier molecular flexibility index (Phi) is 7.45. The van der Waals surface area contributed by atoms with Crippen LogP contribution >= 0.6 is 0 Å². The minimum absolute atomic E-state index is 0.282. The van der Waals surface area contributed by atoms with Gasteiger partial charge in [-0.3, -0.25) is 0 Å². The van der Waals surface area contributed by atoms with Crippen molar-refractivity contribution in [3.8, 4) is 0 Å². The maximum Gasteiger partial charge on any atom is 0.0613 e. The van der Waals surface area contributed by atoms with Gasteiger partial charge in [0.05, 0.1) is 6.61 Å². The molecule has 0 aliphatic carbocycles. The Morgan fingerprint density at radius 2 is 2.00 bits per heavy atom. The van der Waals surface area contributed by atoms with Crippen molar-refractivity contribution < 1.29 is 9.84 Å². The van der Waals surface area contributed by atoms with Crippen LogP contribution in [0.2, 0.25) is 0 Å². The van der Waals surface area contributed by atoms with Gasteiger partial charge in [-0.25, -0.2) is 0 Å². The number of aliphatic hydroxyl groups is 1. The number of rotatable bonds is 7. The summed E-state index contributed by atoms with van der Waals surface area (Å²) in [7, 11) is 1.70. The molecule has 0 aromatic carbocycles. The Morgan fingerprint density at radius 3 is 2.50 bits per heavy atom. The topological polar surface area (TPSA) is 41.5 Å². The maximum absolute atomic E-state index is 8.60. The zero-order chi connectivity index (χ0) is 9.40. The molecule has 3 nitrogen and oxygen atoms in total. The first kappa shape index (κ1) is 11.9. The van der Waals surface area contributed by atoms with Crippen LogP contribution in [0.3, 0.4) is 0 Å². The summed E-state index contributed by atoms with van der Waals surface area (Å²) in [6.45, 7) is 5.24. The van der Waals surface area contributed by atoms with Crippen LogP contribution in [-0.4, -0.2) is 37.5 Å². The molecule has 2 atom stereocenters. The highest BCUT2D eigenvalue weighted by atomic mass is 16.5. The molecule has 0 spiro atoms. The zero-order valence-electron chi connectivity index (χ0n) is 8.34. The molecule has 0 bridgehead atoms. The fraction of sp³-hybridized carbons (Fsp3) is 1.00. The number of hydrogen-bond donors (Lipinski definition) is 2. The normalized spacial score (nSPS) is 16.0. The van der Waals surface area contributed by atoms with Gasteiger partial charge < -0.3 is 15.2 Å². The summed E-state index contributed by atoms with van der Waals surface area (Å²) in [5.74, 6) is 0. The quantitative estimate of drug-likeness (QED) is 0.600. The lowest BCUT2D eigenvalue weighted by molar-refractivity contribution is 0.165. The molecule has 0 saturated heterocycles. The van der Waals surface area contributed by atoms with E-state index < -0.39 is 0 Å². The highest BCUT2D eigenvalue weighted by molar-refractivity contribution is 4.66. The van der Waals surface area contributed by atoms with Crippen LogP contribution in [0.5, 0.6) is 0 Å². The van der Waals surface area contributed by atoms with Crippen molar-refractivity contribution in [3.05, 3.63) is 0 Å². The van der Waals surface area contributed by atoms with Crippen molar-refractivity contribution in [1.29, 1.82) is 0 Å². The standard InChI is InChI=1S/C9H21NO2/c1-8(5-4-6-11)10-9(2)7-12-3/h8-11H,4-7H2,1-3H3/t8-,9-/m1/s1. The van der Waals surface area contributed by atoms with Crippen molar-refractivity contribution in [2.75, 3.05) is 20.3 Å². The van der Waals surface area contributed by atoms with Gasteiger partial charge in [0.15, 0.2) is 0 Å². The van der Waals surface area contributed by atoms with E-state index in [1.807, 2.05) is 0 Å². The van der Waals surface area contributed by atoms with Gasteiger partial charge in [-0.15, -0.1) is 0 Å². The highest BCUT2D eigenvalue weighted by Gasteiger charge is 2.05. The summed E-state index contributed by atoms with van der Waals surface area (Å²) in [4.78, 5) is 0. The molecular formula is C9H21NO2. The van der Waals surface area contributed by atoms with Crippen molar-refractivity contribution in [2.45, 2.75) is 38.8 Å². The van der Waals surface area contributed by atoms with Crippen LogP contribution < -0.4 is 5.32 Å². The third-order valence-electron chi connectivity index (χ3n) is 1.78. The maximum atomic E-state index is 8.60. The third-order valence-corrected chi connectivity index (χ3v) is 1.78. The molecule has 12 heavy (non-hydrogen) atoms. The zero-order valence-corrected chi connectivity index (χ0v) is 8.34. The summed E-state index contributed by atoms with van der Waals surface area (Å²) >= 11 is 0. The first-order chi connectivity index (χ1) is 5.70. The molecule has 0 heterocycles. The molecule has 0 fully saturated rings. The van der Waals surface area contributed by atoms with Crippen molar-refractivity contribution in [1.82, 2.24) is 5.32 Å². The van der Waals surface area contributed by atoms with E-state index in [4.69, 9.17) is 9.84 Å².